The van der Waals surface area contributed by atoms with Gasteiger partial charge in [-0.3, -0.25) is 14.7 Å². The Balaban J connectivity index is 1.75. The molecule has 0 saturated carbocycles. The van der Waals surface area contributed by atoms with E-state index in [1.807, 2.05) is 54.6 Å². The maximum absolute atomic E-state index is 13.6. The number of carbonyl (C=O) groups excluding carboxylic acids is 2. The standard InChI is InChI=1S/C22H16N4O2/c27-16-11-10-15-17(16)22(13-8-4-5-9-14(13)24-21(22)28)18-19(25-26-20(18)23-15)12-6-2-1-3-7-12/h1-9H,10-11H2,(H,24,28)(H2,23,25,26)/t22-/m1/s1. The number of Topliss-reactive ketones (excluding diaryl/α,β-unsaturated/α-hetero) is 1. The zero-order chi connectivity index (χ0) is 18.9. The van der Waals surface area contributed by atoms with Gasteiger partial charge in [0.2, 0.25) is 5.91 Å². The van der Waals surface area contributed by atoms with Gasteiger partial charge in [-0.05, 0) is 18.1 Å². The van der Waals surface area contributed by atoms with Crippen LogP contribution in [0.15, 0.2) is 65.9 Å². The van der Waals surface area contributed by atoms with Crippen molar-refractivity contribution in [2.45, 2.75) is 18.3 Å². The van der Waals surface area contributed by atoms with Crippen molar-refractivity contribution in [3.63, 3.8) is 0 Å². The highest BCUT2D eigenvalue weighted by Crippen LogP contribution is 2.57. The van der Waals surface area contributed by atoms with Gasteiger partial charge in [0.15, 0.2) is 11.6 Å². The molecule has 1 aromatic heterocycles. The Hall–Kier alpha value is -3.67. The van der Waals surface area contributed by atoms with Gasteiger partial charge in [-0.15, -0.1) is 0 Å². The van der Waals surface area contributed by atoms with Crippen LogP contribution in [-0.2, 0) is 15.0 Å². The van der Waals surface area contributed by atoms with E-state index in [-0.39, 0.29) is 11.7 Å². The minimum Gasteiger partial charge on any atom is -0.342 e. The fourth-order valence-corrected chi connectivity index (χ4v) is 4.85. The zero-order valence-corrected chi connectivity index (χ0v) is 14.9. The number of H-pyrrole nitrogens is 1. The number of nitrogens with zero attached hydrogens (tertiary/aromatic N) is 1. The number of carbonyl (C=O) groups is 2. The van der Waals surface area contributed by atoms with Crippen LogP contribution in [0.25, 0.3) is 11.3 Å². The number of para-hydroxylation sites is 1. The van der Waals surface area contributed by atoms with E-state index < -0.39 is 5.41 Å². The Morgan fingerprint density at radius 2 is 1.68 bits per heavy atom. The summed E-state index contributed by atoms with van der Waals surface area (Å²) in [5.74, 6) is 0.428. The summed E-state index contributed by atoms with van der Waals surface area (Å²) >= 11 is 0. The number of aromatic amines is 1. The number of anilines is 2. The molecule has 136 valence electrons. The molecule has 28 heavy (non-hydrogen) atoms. The van der Waals surface area contributed by atoms with E-state index in [1.165, 1.54) is 0 Å². The first-order valence-electron chi connectivity index (χ1n) is 9.30. The number of amides is 1. The normalized spacial score (nSPS) is 22.0. The monoisotopic (exact) mass is 368 g/mol. The van der Waals surface area contributed by atoms with Gasteiger partial charge in [-0.25, -0.2) is 0 Å². The number of ketones is 1. The summed E-state index contributed by atoms with van der Waals surface area (Å²) in [6, 6.07) is 17.4. The van der Waals surface area contributed by atoms with Gasteiger partial charge in [-0.2, -0.15) is 5.10 Å². The van der Waals surface area contributed by atoms with Crippen molar-refractivity contribution in [3.8, 4) is 11.3 Å². The summed E-state index contributed by atoms with van der Waals surface area (Å²) in [6.07, 6.45) is 1.00. The fourth-order valence-electron chi connectivity index (χ4n) is 4.85. The number of nitrogens with one attached hydrogen (secondary N) is 3. The van der Waals surface area contributed by atoms with Crippen molar-refractivity contribution >= 4 is 23.2 Å². The first-order valence-corrected chi connectivity index (χ1v) is 9.30. The molecule has 1 amide bonds. The number of hydrogen-bond acceptors (Lipinski definition) is 4. The largest absolute Gasteiger partial charge is 0.342 e. The van der Waals surface area contributed by atoms with Gasteiger partial charge in [0, 0.05) is 34.5 Å². The molecular weight excluding hydrogens is 352 g/mol. The Bertz CT molecular complexity index is 1210. The maximum Gasteiger partial charge on any atom is 0.244 e. The van der Waals surface area contributed by atoms with Crippen LogP contribution in [-0.4, -0.2) is 21.9 Å². The first kappa shape index (κ1) is 15.4. The molecule has 0 radical (unpaired) electrons. The van der Waals surface area contributed by atoms with Crippen molar-refractivity contribution < 1.29 is 9.59 Å². The number of allylic oxidation sites excluding steroid dienone is 1. The second-order valence-corrected chi connectivity index (χ2v) is 7.34. The van der Waals surface area contributed by atoms with Crippen LogP contribution in [0.2, 0.25) is 0 Å². The Labute approximate surface area is 160 Å². The number of fused-ring (bicyclic) bond motifs is 5. The molecule has 0 bridgehead atoms. The minimum absolute atomic E-state index is 0.0141. The molecule has 1 spiro atoms. The molecule has 0 fully saturated rings. The molecular formula is C22H16N4O2. The molecule has 0 saturated heterocycles. The predicted octanol–water partition coefficient (Wildman–Crippen LogP) is 3.36. The average Bonchev–Trinajstić information content (AvgIpc) is 3.39. The van der Waals surface area contributed by atoms with Crippen LogP contribution >= 0.6 is 0 Å². The molecule has 1 aliphatic carbocycles. The highest BCUT2D eigenvalue weighted by atomic mass is 16.2. The number of aromatic nitrogens is 2. The van der Waals surface area contributed by atoms with Crippen LogP contribution in [0.3, 0.4) is 0 Å². The Kier molecular flexibility index (Phi) is 2.86. The Morgan fingerprint density at radius 3 is 2.54 bits per heavy atom. The van der Waals surface area contributed by atoms with Crippen molar-refractivity contribution in [2.75, 3.05) is 10.6 Å². The summed E-state index contributed by atoms with van der Waals surface area (Å²) in [5.41, 5.74) is 4.12. The van der Waals surface area contributed by atoms with E-state index >= 15 is 0 Å². The van der Waals surface area contributed by atoms with E-state index in [0.717, 1.165) is 33.8 Å². The minimum atomic E-state index is -1.18. The molecule has 3 aromatic rings. The lowest BCUT2D eigenvalue weighted by Gasteiger charge is -2.34. The smallest absolute Gasteiger partial charge is 0.244 e. The molecule has 3 aliphatic rings. The van der Waals surface area contributed by atoms with E-state index in [0.29, 0.717) is 24.2 Å². The summed E-state index contributed by atoms with van der Waals surface area (Å²) < 4.78 is 0. The molecule has 2 aromatic carbocycles. The van der Waals surface area contributed by atoms with Crippen LogP contribution in [0.1, 0.15) is 24.0 Å². The average molecular weight is 368 g/mol. The fraction of sp³-hybridized carbons (Fsp3) is 0.136. The van der Waals surface area contributed by atoms with Crippen molar-refractivity contribution in [3.05, 3.63) is 77.0 Å². The van der Waals surface area contributed by atoms with E-state index in [4.69, 9.17) is 0 Å². The number of rotatable bonds is 1. The van der Waals surface area contributed by atoms with Gasteiger partial charge in [0.25, 0.3) is 0 Å². The first-order chi connectivity index (χ1) is 13.7. The van der Waals surface area contributed by atoms with Gasteiger partial charge < -0.3 is 10.6 Å². The molecule has 0 unspecified atom stereocenters. The third kappa shape index (κ3) is 1.70. The zero-order valence-electron chi connectivity index (χ0n) is 14.9. The Morgan fingerprint density at radius 1 is 0.893 bits per heavy atom. The molecule has 3 heterocycles. The summed E-state index contributed by atoms with van der Waals surface area (Å²) in [4.78, 5) is 26.6. The molecule has 2 aliphatic heterocycles. The highest BCUT2D eigenvalue weighted by molar-refractivity contribution is 6.21. The summed E-state index contributed by atoms with van der Waals surface area (Å²) in [6.45, 7) is 0. The van der Waals surface area contributed by atoms with Crippen LogP contribution in [0.4, 0.5) is 11.5 Å². The third-order valence-electron chi connectivity index (χ3n) is 5.95. The SMILES string of the molecule is O=C1CCC2=C1[C@@]1(C(=O)Nc3ccccc31)c1c(n[nH]c1-c1ccccc1)N2. The van der Waals surface area contributed by atoms with E-state index in [9.17, 15) is 9.59 Å². The topological polar surface area (TPSA) is 86.9 Å². The molecule has 6 nitrogen and oxygen atoms in total. The second kappa shape index (κ2) is 5.19. The van der Waals surface area contributed by atoms with E-state index in [1.54, 1.807) is 0 Å². The van der Waals surface area contributed by atoms with Gasteiger partial charge >= 0.3 is 0 Å². The van der Waals surface area contributed by atoms with Crippen LogP contribution in [0.5, 0.6) is 0 Å². The number of benzene rings is 2. The highest BCUT2D eigenvalue weighted by Gasteiger charge is 2.59. The third-order valence-corrected chi connectivity index (χ3v) is 5.95. The summed E-state index contributed by atoms with van der Waals surface area (Å²) in [7, 11) is 0. The van der Waals surface area contributed by atoms with Crippen LogP contribution in [0, 0.1) is 0 Å². The lowest BCUT2D eigenvalue weighted by atomic mass is 9.66. The van der Waals surface area contributed by atoms with Gasteiger partial charge in [0.05, 0.1) is 5.69 Å². The molecule has 6 heteroatoms. The predicted molar refractivity (Wildman–Crippen MR) is 105 cm³/mol. The van der Waals surface area contributed by atoms with Crippen molar-refractivity contribution in [1.29, 1.82) is 0 Å². The van der Waals surface area contributed by atoms with Crippen LogP contribution < -0.4 is 10.6 Å². The molecule has 3 N–H and O–H groups in total. The lowest BCUT2D eigenvalue weighted by molar-refractivity contribution is -0.121. The maximum atomic E-state index is 13.6. The van der Waals surface area contributed by atoms with Gasteiger partial charge in [0.1, 0.15) is 5.41 Å². The van der Waals surface area contributed by atoms with Crippen molar-refractivity contribution in [2.24, 2.45) is 0 Å². The molecule has 6 rings (SSSR count). The summed E-state index contributed by atoms with van der Waals surface area (Å²) in [5, 5.41) is 13.9. The number of hydrogen-bond donors (Lipinski definition) is 3. The lowest BCUT2D eigenvalue weighted by Crippen LogP contribution is -2.43. The van der Waals surface area contributed by atoms with Gasteiger partial charge in [-0.1, -0.05) is 48.5 Å². The molecule has 1 atom stereocenters. The van der Waals surface area contributed by atoms with Crippen molar-refractivity contribution in [1.82, 2.24) is 10.2 Å². The van der Waals surface area contributed by atoms with E-state index in [2.05, 4.69) is 20.8 Å². The quantitative estimate of drug-likeness (QED) is 0.615. The second-order valence-electron chi connectivity index (χ2n) is 7.34.